The van der Waals surface area contributed by atoms with Crippen LogP contribution in [-0.2, 0) is 0 Å². The second-order valence-corrected chi connectivity index (χ2v) is 5.95. The Morgan fingerprint density at radius 1 is 0.962 bits per heavy atom. The topological polar surface area (TPSA) is 37.3 Å². The molecule has 0 N–H and O–H groups in total. The van der Waals surface area contributed by atoms with E-state index in [1.165, 1.54) is 24.3 Å². The third kappa shape index (κ3) is 3.39. The Morgan fingerprint density at radius 3 is 1.88 bits per heavy atom. The van der Waals surface area contributed by atoms with Gasteiger partial charge in [-0.25, -0.2) is 0 Å². The Kier molecular flexibility index (Phi) is 4.45. The summed E-state index contributed by atoms with van der Waals surface area (Å²) in [7, 11) is 1.71. The number of amidine groups is 1. The lowest BCUT2D eigenvalue weighted by Gasteiger charge is -2.36. The highest BCUT2D eigenvalue weighted by Gasteiger charge is 2.66. The van der Waals surface area contributed by atoms with E-state index in [1.807, 2.05) is 0 Å². The van der Waals surface area contributed by atoms with Gasteiger partial charge in [-0.05, 0) is 19.2 Å². The molecule has 2 aliphatic heterocycles. The molecule has 5 nitrogen and oxygen atoms in total. The summed E-state index contributed by atoms with van der Waals surface area (Å²) >= 11 is 0. The van der Waals surface area contributed by atoms with E-state index in [0.29, 0.717) is 0 Å². The maximum atomic E-state index is 13.6. The summed E-state index contributed by atoms with van der Waals surface area (Å²) in [5.74, 6) is -6.09. The Morgan fingerprint density at radius 2 is 1.46 bits per heavy atom. The van der Waals surface area contributed by atoms with E-state index in [9.17, 15) is 26.3 Å². The lowest BCUT2D eigenvalue weighted by atomic mass is 10.3. The summed E-state index contributed by atoms with van der Waals surface area (Å²) in [5.41, 5.74) is 0. The normalized spacial score (nSPS) is 21.2. The minimum atomic E-state index is -5.32. The van der Waals surface area contributed by atoms with Crippen molar-refractivity contribution < 1.29 is 35.8 Å². The van der Waals surface area contributed by atoms with Crippen LogP contribution < -0.4 is 9.47 Å². The van der Waals surface area contributed by atoms with Crippen molar-refractivity contribution >= 4 is 5.84 Å². The second kappa shape index (κ2) is 6.22. The monoisotopic (exact) mass is 383 g/mol. The summed E-state index contributed by atoms with van der Waals surface area (Å²) in [4.78, 5) is 5.48. The second-order valence-electron chi connectivity index (χ2n) is 5.95. The summed E-state index contributed by atoms with van der Waals surface area (Å²) in [6, 6.07) is 5.09. The van der Waals surface area contributed by atoms with Crippen molar-refractivity contribution in [2.24, 2.45) is 4.99 Å². The Balaban J connectivity index is 2.03. The van der Waals surface area contributed by atoms with E-state index in [0.717, 1.165) is 4.90 Å². The molecule has 0 aliphatic carbocycles. The molecule has 1 saturated heterocycles. The van der Waals surface area contributed by atoms with Gasteiger partial charge in [0.15, 0.2) is 11.5 Å². The molecule has 26 heavy (non-hydrogen) atoms. The molecule has 0 saturated carbocycles. The van der Waals surface area contributed by atoms with Crippen LogP contribution in [0.2, 0.25) is 0 Å². The van der Waals surface area contributed by atoms with E-state index in [-0.39, 0.29) is 37.7 Å². The molecule has 0 spiro atoms. The van der Waals surface area contributed by atoms with Crippen LogP contribution in [-0.4, -0.2) is 67.1 Å². The van der Waals surface area contributed by atoms with Gasteiger partial charge < -0.3 is 19.3 Å². The largest absolute Gasteiger partial charge is 0.494 e. The molecule has 0 atom stereocenters. The zero-order chi connectivity index (χ0) is 19.2. The molecule has 1 aromatic rings. The first-order valence-corrected chi connectivity index (χ1v) is 7.66. The van der Waals surface area contributed by atoms with Gasteiger partial charge in [0.25, 0.3) is 0 Å². The molecular formula is C15H15F6N3O2. The quantitative estimate of drug-likeness (QED) is 0.425. The number of aliphatic imine (C=N–C) groups is 1. The molecule has 1 aromatic carbocycles. The van der Waals surface area contributed by atoms with Gasteiger partial charge in [0.05, 0.1) is 0 Å². The lowest BCUT2D eigenvalue weighted by Crippen LogP contribution is -2.56. The number of halogens is 6. The number of rotatable bonds is 1. The molecule has 0 aromatic heterocycles. The maximum absolute atomic E-state index is 13.6. The molecule has 2 aliphatic rings. The van der Waals surface area contributed by atoms with Crippen LogP contribution in [0.15, 0.2) is 29.3 Å². The van der Waals surface area contributed by atoms with E-state index in [1.54, 1.807) is 11.9 Å². The van der Waals surface area contributed by atoms with Crippen molar-refractivity contribution in [1.29, 1.82) is 0 Å². The van der Waals surface area contributed by atoms with Crippen molar-refractivity contribution in [3.63, 3.8) is 0 Å². The molecule has 144 valence electrons. The van der Waals surface area contributed by atoms with Crippen molar-refractivity contribution in [2.75, 3.05) is 33.2 Å². The third-order valence-electron chi connectivity index (χ3n) is 4.01. The molecule has 1 fully saturated rings. The highest BCUT2D eigenvalue weighted by molar-refractivity contribution is 5.88. The molecule has 0 amide bonds. The zero-order valence-corrected chi connectivity index (χ0v) is 13.6. The summed E-state index contributed by atoms with van der Waals surface area (Å²) < 4.78 is 90.7. The minimum absolute atomic E-state index is 0.115. The smallest absolute Gasteiger partial charge is 0.423 e. The van der Waals surface area contributed by atoms with Crippen molar-refractivity contribution in [3.05, 3.63) is 24.3 Å². The number of benzene rings is 1. The molecule has 0 bridgehead atoms. The van der Waals surface area contributed by atoms with Crippen LogP contribution in [0, 0.1) is 0 Å². The number of nitrogens with zero attached hydrogens (tertiary/aromatic N) is 3. The van der Waals surface area contributed by atoms with Crippen LogP contribution in [0.3, 0.4) is 0 Å². The number of alkyl halides is 6. The van der Waals surface area contributed by atoms with Crippen molar-refractivity contribution in [3.8, 4) is 11.5 Å². The number of piperazine rings is 1. The van der Waals surface area contributed by atoms with E-state index in [2.05, 4.69) is 4.99 Å². The van der Waals surface area contributed by atoms with Crippen LogP contribution >= 0.6 is 0 Å². The number of ether oxygens (including phenoxy) is 2. The van der Waals surface area contributed by atoms with E-state index >= 15 is 0 Å². The standard InChI is InChI=1S/C15H15F6N3O2/c1-23-6-8-24(9-7-23)12(13(16,17)18)22-15(14(19,20)21)25-10-4-2-3-5-11(10)26-15/h2-5H,6-9H2,1H3. The van der Waals surface area contributed by atoms with Crippen molar-refractivity contribution in [1.82, 2.24) is 9.80 Å². The Bertz CT molecular complexity index is 670. The molecule has 0 unspecified atom stereocenters. The third-order valence-corrected chi connectivity index (χ3v) is 4.01. The SMILES string of the molecule is CN1CCN(C(=NC2(C(F)(F)F)Oc3ccccc3O2)C(F)(F)F)CC1. The molecule has 2 heterocycles. The van der Waals surface area contributed by atoms with Crippen LogP contribution in [0.5, 0.6) is 11.5 Å². The molecule has 11 heteroatoms. The Hall–Kier alpha value is -2.17. The maximum Gasteiger partial charge on any atom is 0.494 e. The number of hydrogen-bond acceptors (Lipinski definition) is 4. The fraction of sp³-hybridized carbons (Fsp3) is 0.533. The first-order chi connectivity index (χ1) is 12.0. The first-order valence-electron chi connectivity index (χ1n) is 7.66. The van der Waals surface area contributed by atoms with Gasteiger partial charge in [0, 0.05) is 26.2 Å². The van der Waals surface area contributed by atoms with Gasteiger partial charge in [-0.1, -0.05) is 12.1 Å². The highest BCUT2D eigenvalue weighted by atomic mass is 19.4. The number of hydrogen-bond donors (Lipinski definition) is 0. The highest BCUT2D eigenvalue weighted by Crippen LogP contribution is 2.47. The van der Waals surface area contributed by atoms with Crippen LogP contribution in [0.25, 0.3) is 0 Å². The molecule has 3 rings (SSSR count). The van der Waals surface area contributed by atoms with Crippen LogP contribution in [0.1, 0.15) is 0 Å². The average molecular weight is 383 g/mol. The summed E-state index contributed by atoms with van der Waals surface area (Å²) in [6.45, 7) is 0.289. The first kappa shape index (κ1) is 18.6. The predicted octanol–water partition coefficient (Wildman–Crippen LogP) is 2.88. The van der Waals surface area contributed by atoms with Gasteiger partial charge >= 0.3 is 18.3 Å². The van der Waals surface area contributed by atoms with Gasteiger partial charge in [-0.15, -0.1) is 0 Å². The minimum Gasteiger partial charge on any atom is -0.423 e. The molecular weight excluding hydrogens is 368 g/mol. The van der Waals surface area contributed by atoms with E-state index in [4.69, 9.17) is 9.47 Å². The fourth-order valence-corrected chi connectivity index (χ4v) is 2.63. The number of likely N-dealkylation sites (N-methyl/N-ethyl adjacent to an activating group) is 1. The number of para-hydroxylation sites is 2. The lowest BCUT2D eigenvalue weighted by molar-refractivity contribution is -0.306. The molecule has 0 radical (unpaired) electrons. The van der Waals surface area contributed by atoms with Crippen molar-refractivity contribution in [2.45, 2.75) is 18.3 Å². The van der Waals surface area contributed by atoms with Gasteiger partial charge in [-0.3, -0.25) is 0 Å². The predicted molar refractivity (Wildman–Crippen MR) is 79.0 cm³/mol. The van der Waals surface area contributed by atoms with Gasteiger partial charge in [-0.2, -0.15) is 31.3 Å². The average Bonchev–Trinajstić information content (AvgIpc) is 2.92. The fourth-order valence-electron chi connectivity index (χ4n) is 2.63. The summed E-state index contributed by atoms with van der Waals surface area (Å²) in [6.07, 6.45) is -10.4. The zero-order valence-electron chi connectivity index (χ0n) is 13.6. The van der Waals surface area contributed by atoms with E-state index < -0.39 is 24.1 Å². The van der Waals surface area contributed by atoms with Gasteiger partial charge in [0.1, 0.15) is 0 Å². The Labute approximate surface area is 144 Å². The van der Waals surface area contributed by atoms with Crippen LogP contribution in [0.4, 0.5) is 26.3 Å². The number of fused-ring (bicyclic) bond motifs is 1. The van der Waals surface area contributed by atoms with Gasteiger partial charge in [0.2, 0.25) is 5.84 Å². The summed E-state index contributed by atoms with van der Waals surface area (Å²) in [5, 5.41) is 0.